The van der Waals surface area contributed by atoms with Crippen LogP contribution in [0.15, 0.2) is 4.99 Å². The third-order valence-corrected chi connectivity index (χ3v) is 3.64. The number of aliphatic imine (C=N–C) groups is 1. The Kier molecular flexibility index (Phi) is 7.01. The molecule has 17 heavy (non-hydrogen) atoms. The van der Waals surface area contributed by atoms with E-state index in [0.717, 1.165) is 30.9 Å². The Hall–Kier alpha value is -0.770. The predicted octanol–water partition coefficient (Wildman–Crippen LogP) is 1.62. The molecule has 0 aromatic rings. The molecule has 1 fully saturated rings. The Labute approximate surface area is 105 Å². The van der Waals surface area contributed by atoms with Gasteiger partial charge in [-0.2, -0.15) is 0 Å². The van der Waals surface area contributed by atoms with Crippen LogP contribution >= 0.6 is 0 Å². The topological polar surface area (TPSA) is 45.7 Å². The maximum Gasteiger partial charge on any atom is 0.191 e. The summed E-state index contributed by atoms with van der Waals surface area (Å²) in [6, 6.07) is 0. The van der Waals surface area contributed by atoms with Crippen LogP contribution in [0.4, 0.5) is 0 Å². The number of rotatable bonds is 5. The average Bonchev–Trinajstić information content (AvgIpc) is 2.35. The van der Waals surface area contributed by atoms with Crippen LogP contribution in [0.5, 0.6) is 0 Å². The quantitative estimate of drug-likeness (QED) is 0.437. The second kappa shape index (κ2) is 8.34. The van der Waals surface area contributed by atoms with Crippen LogP contribution in [0.1, 0.15) is 32.6 Å². The summed E-state index contributed by atoms with van der Waals surface area (Å²) >= 11 is 0. The fourth-order valence-corrected chi connectivity index (χ4v) is 2.42. The third-order valence-electron chi connectivity index (χ3n) is 3.64. The fraction of sp³-hybridized carbons (Fsp3) is 0.923. The third kappa shape index (κ3) is 5.39. The lowest BCUT2D eigenvalue weighted by Crippen LogP contribution is -2.42. The first kappa shape index (κ1) is 14.3. The molecule has 1 aliphatic carbocycles. The maximum absolute atomic E-state index is 5.00. The van der Waals surface area contributed by atoms with E-state index in [-0.39, 0.29) is 0 Å². The highest BCUT2D eigenvalue weighted by atomic mass is 16.5. The van der Waals surface area contributed by atoms with Crippen molar-refractivity contribution in [2.45, 2.75) is 32.6 Å². The normalized spacial score (nSPS) is 25.7. The molecule has 1 saturated carbocycles. The van der Waals surface area contributed by atoms with Gasteiger partial charge in [-0.1, -0.05) is 26.2 Å². The Bertz CT molecular complexity index is 231. The lowest BCUT2D eigenvalue weighted by Gasteiger charge is -2.29. The zero-order valence-corrected chi connectivity index (χ0v) is 11.5. The number of nitrogens with one attached hydrogen (secondary N) is 2. The molecule has 2 N–H and O–H groups in total. The van der Waals surface area contributed by atoms with E-state index in [4.69, 9.17) is 4.74 Å². The Morgan fingerprint density at radius 3 is 2.71 bits per heavy atom. The highest BCUT2D eigenvalue weighted by Gasteiger charge is 2.20. The predicted molar refractivity (Wildman–Crippen MR) is 72.4 cm³/mol. The van der Waals surface area contributed by atoms with Crippen LogP contribution < -0.4 is 10.6 Å². The summed E-state index contributed by atoms with van der Waals surface area (Å²) in [4.78, 5) is 4.21. The second-order valence-corrected chi connectivity index (χ2v) is 4.89. The van der Waals surface area contributed by atoms with Gasteiger partial charge in [0.25, 0.3) is 0 Å². The number of hydrogen-bond donors (Lipinski definition) is 2. The van der Waals surface area contributed by atoms with E-state index in [0.29, 0.717) is 6.61 Å². The zero-order valence-electron chi connectivity index (χ0n) is 11.5. The van der Waals surface area contributed by atoms with Crippen molar-refractivity contribution in [1.82, 2.24) is 10.6 Å². The minimum Gasteiger partial charge on any atom is -0.383 e. The molecule has 0 heterocycles. The van der Waals surface area contributed by atoms with Crippen molar-refractivity contribution < 1.29 is 4.74 Å². The van der Waals surface area contributed by atoms with Gasteiger partial charge in [0.2, 0.25) is 0 Å². The number of nitrogens with zero attached hydrogens (tertiary/aromatic N) is 1. The SMILES string of the molecule is CN=C(NCCOC)NCC1CCCCC1C. The summed E-state index contributed by atoms with van der Waals surface area (Å²) in [7, 11) is 3.52. The molecule has 0 aliphatic heterocycles. The molecule has 0 aromatic carbocycles. The van der Waals surface area contributed by atoms with Crippen molar-refractivity contribution in [3.05, 3.63) is 0 Å². The largest absolute Gasteiger partial charge is 0.383 e. The minimum atomic E-state index is 0.709. The van der Waals surface area contributed by atoms with Gasteiger partial charge in [-0.25, -0.2) is 0 Å². The van der Waals surface area contributed by atoms with Gasteiger partial charge in [-0.05, 0) is 18.3 Å². The van der Waals surface area contributed by atoms with E-state index in [9.17, 15) is 0 Å². The van der Waals surface area contributed by atoms with E-state index in [1.807, 2.05) is 7.05 Å². The van der Waals surface area contributed by atoms with Crippen molar-refractivity contribution in [1.29, 1.82) is 0 Å². The van der Waals surface area contributed by atoms with Crippen molar-refractivity contribution >= 4 is 5.96 Å². The van der Waals surface area contributed by atoms with Crippen LogP contribution in [-0.4, -0.2) is 39.8 Å². The van der Waals surface area contributed by atoms with Gasteiger partial charge in [0.05, 0.1) is 6.61 Å². The molecule has 0 radical (unpaired) electrons. The van der Waals surface area contributed by atoms with Gasteiger partial charge >= 0.3 is 0 Å². The zero-order chi connectivity index (χ0) is 12.5. The molecule has 100 valence electrons. The molecule has 1 aliphatic rings. The Balaban J connectivity index is 2.22. The molecule has 2 unspecified atom stereocenters. The maximum atomic E-state index is 5.00. The van der Waals surface area contributed by atoms with Crippen molar-refractivity contribution in [3.8, 4) is 0 Å². The molecule has 0 amide bonds. The van der Waals surface area contributed by atoms with Crippen LogP contribution in [-0.2, 0) is 4.74 Å². The fourth-order valence-electron chi connectivity index (χ4n) is 2.42. The molecule has 0 aromatic heterocycles. The lowest BCUT2D eigenvalue weighted by atomic mass is 9.80. The van der Waals surface area contributed by atoms with E-state index >= 15 is 0 Å². The van der Waals surface area contributed by atoms with Crippen molar-refractivity contribution in [2.75, 3.05) is 33.9 Å². The summed E-state index contributed by atoms with van der Waals surface area (Å²) in [5.74, 6) is 2.53. The summed E-state index contributed by atoms with van der Waals surface area (Å²) < 4.78 is 5.00. The molecule has 4 heteroatoms. The molecule has 2 atom stereocenters. The van der Waals surface area contributed by atoms with Crippen LogP contribution in [0.25, 0.3) is 0 Å². The first-order valence-corrected chi connectivity index (χ1v) is 6.71. The number of hydrogen-bond acceptors (Lipinski definition) is 2. The van der Waals surface area contributed by atoms with Gasteiger partial charge in [-0.15, -0.1) is 0 Å². The van der Waals surface area contributed by atoms with E-state index in [1.165, 1.54) is 25.7 Å². The molecular formula is C13H27N3O. The summed E-state index contributed by atoms with van der Waals surface area (Å²) in [6.07, 6.45) is 5.51. The standard InChI is InChI=1S/C13H27N3O/c1-11-6-4-5-7-12(11)10-16-13(14-2)15-8-9-17-3/h11-12H,4-10H2,1-3H3,(H2,14,15,16). The van der Waals surface area contributed by atoms with Gasteiger partial charge < -0.3 is 15.4 Å². The van der Waals surface area contributed by atoms with Gasteiger partial charge in [-0.3, -0.25) is 4.99 Å². The van der Waals surface area contributed by atoms with Gasteiger partial charge in [0, 0.05) is 27.2 Å². The van der Waals surface area contributed by atoms with Gasteiger partial charge in [0.15, 0.2) is 5.96 Å². The minimum absolute atomic E-state index is 0.709. The summed E-state index contributed by atoms with van der Waals surface area (Å²) in [5, 5.41) is 6.65. The highest BCUT2D eigenvalue weighted by molar-refractivity contribution is 5.79. The van der Waals surface area contributed by atoms with E-state index in [1.54, 1.807) is 7.11 Å². The van der Waals surface area contributed by atoms with E-state index < -0.39 is 0 Å². The van der Waals surface area contributed by atoms with Gasteiger partial charge in [0.1, 0.15) is 0 Å². The molecule has 0 bridgehead atoms. The number of guanidine groups is 1. The van der Waals surface area contributed by atoms with E-state index in [2.05, 4.69) is 22.5 Å². The van der Waals surface area contributed by atoms with Crippen LogP contribution in [0.2, 0.25) is 0 Å². The van der Waals surface area contributed by atoms with Crippen molar-refractivity contribution in [2.24, 2.45) is 16.8 Å². The lowest BCUT2D eigenvalue weighted by molar-refractivity contribution is 0.203. The Morgan fingerprint density at radius 2 is 2.06 bits per heavy atom. The van der Waals surface area contributed by atoms with Crippen LogP contribution in [0, 0.1) is 11.8 Å². The smallest absolute Gasteiger partial charge is 0.191 e. The van der Waals surface area contributed by atoms with Crippen molar-refractivity contribution in [3.63, 3.8) is 0 Å². The second-order valence-electron chi connectivity index (χ2n) is 4.89. The first-order chi connectivity index (χ1) is 8.27. The molecule has 0 saturated heterocycles. The average molecular weight is 241 g/mol. The first-order valence-electron chi connectivity index (χ1n) is 6.71. The monoisotopic (exact) mass is 241 g/mol. The molecule has 1 rings (SSSR count). The number of ether oxygens (including phenoxy) is 1. The van der Waals surface area contributed by atoms with Crippen LogP contribution in [0.3, 0.4) is 0 Å². The summed E-state index contributed by atoms with van der Waals surface area (Å²) in [5.41, 5.74) is 0. The highest BCUT2D eigenvalue weighted by Crippen LogP contribution is 2.28. The molecule has 0 spiro atoms. The number of methoxy groups -OCH3 is 1. The Morgan fingerprint density at radius 1 is 1.29 bits per heavy atom. The molecule has 4 nitrogen and oxygen atoms in total. The summed E-state index contributed by atoms with van der Waals surface area (Å²) in [6.45, 7) is 4.91. The molecular weight excluding hydrogens is 214 g/mol.